The van der Waals surface area contributed by atoms with E-state index in [2.05, 4.69) is 15.9 Å². The molecule has 0 saturated heterocycles. The molecule has 1 aromatic heterocycles. The highest BCUT2D eigenvalue weighted by atomic mass is 79.9. The molecule has 2 rings (SSSR count). The lowest BCUT2D eigenvalue weighted by Crippen LogP contribution is -2.30. The molecule has 0 unspecified atom stereocenters. The number of carbonyl (C=O) groups excluding carboxylic acids is 2. The van der Waals surface area contributed by atoms with Gasteiger partial charge in [-0.3, -0.25) is 4.79 Å². The van der Waals surface area contributed by atoms with Crippen LogP contribution in [-0.2, 0) is 16.1 Å². The Bertz CT molecular complexity index is 672. The van der Waals surface area contributed by atoms with E-state index in [0.29, 0.717) is 5.76 Å². The van der Waals surface area contributed by atoms with Gasteiger partial charge in [0.1, 0.15) is 11.6 Å². The first-order chi connectivity index (χ1) is 10.5. The van der Waals surface area contributed by atoms with E-state index in [4.69, 9.17) is 9.15 Å². The van der Waals surface area contributed by atoms with Crippen LogP contribution in [0.1, 0.15) is 16.1 Å². The molecule has 0 aliphatic heterocycles. The van der Waals surface area contributed by atoms with Gasteiger partial charge in [-0.25, -0.2) is 9.18 Å². The molecule has 0 aliphatic carbocycles. The van der Waals surface area contributed by atoms with Crippen molar-refractivity contribution in [1.29, 1.82) is 0 Å². The monoisotopic (exact) mass is 369 g/mol. The fourth-order valence-corrected chi connectivity index (χ4v) is 2.21. The lowest BCUT2D eigenvalue weighted by atomic mass is 10.2. The molecule has 0 fully saturated rings. The normalized spacial score (nSPS) is 10.3. The lowest BCUT2D eigenvalue weighted by molar-refractivity contribution is -0.133. The third-order valence-electron chi connectivity index (χ3n) is 2.88. The summed E-state index contributed by atoms with van der Waals surface area (Å²) in [4.78, 5) is 25.1. The van der Waals surface area contributed by atoms with Crippen LogP contribution in [0.3, 0.4) is 0 Å². The number of benzene rings is 1. The standard InChI is InChI=1S/C15H13BrFNO4/c1-18(8-11-3-2-6-21-11)14(19)9-22-15(20)12-5-4-10(17)7-13(12)16/h2-7H,8-9H2,1H3. The van der Waals surface area contributed by atoms with Gasteiger partial charge in [-0.2, -0.15) is 0 Å². The molecule has 0 N–H and O–H groups in total. The maximum atomic E-state index is 13.0. The predicted octanol–water partition coefficient (Wildman–Crippen LogP) is 3.00. The highest BCUT2D eigenvalue weighted by molar-refractivity contribution is 9.10. The number of halogens is 2. The molecular weight excluding hydrogens is 357 g/mol. The highest BCUT2D eigenvalue weighted by Gasteiger charge is 2.16. The molecule has 0 atom stereocenters. The Morgan fingerprint density at radius 1 is 1.36 bits per heavy atom. The second-order valence-electron chi connectivity index (χ2n) is 4.53. The largest absolute Gasteiger partial charge is 0.467 e. The van der Waals surface area contributed by atoms with E-state index >= 15 is 0 Å². The van der Waals surface area contributed by atoms with Crippen LogP contribution in [0.5, 0.6) is 0 Å². The maximum Gasteiger partial charge on any atom is 0.339 e. The van der Waals surface area contributed by atoms with E-state index < -0.39 is 18.4 Å². The maximum absolute atomic E-state index is 13.0. The number of carbonyl (C=O) groups is 2. The first-order valence-corrected chi connectivity index (χ1v) is 7.15. The summed E-state index contributed by atoms with van der Waals surface area (Å²) >= 11 is 3.07. The zero-order valence-corrected chi connectivity index (χ0v) is 13.3. The Kier molecular flexibility index (Phi) is 5.32. The number of amides is 1. The number of nitrogens with zero attached hydrogens (tertiary/aromatic N) is 1. The Balaban J connectivity index is 1.88. The minimum Gasteiger partial charge on any atom is -0.467 e. The van der Waals surface area contributed by atoms with Gasteiger partial charge in [0.05, 0.1) is 18.4 Å². The van der Waals surface area contributed by atoms with Crippen molar-refractivity contribution in [2.75, 3.05) is 13.7 Å². The smallest absolute Gasteiger partial charge is 0.339 e. The summed E-state index contributed by atoms with van der Waals surface area (Å²) in [5.74, 6) is -0.921. The molecular formula is C15H13BrFNO4. The summed E-state index contributed by atoms with van der Waals surface area (Å²) in [7, 11) is 1.58. The fourth-order valence-electron chi connectivity index (χ4n) is 1.69. The molecule has 5 nitrogen and oxygen atoms in total. The van der Waals surface area contributed by atoms with E-state index in [1.54, 1.807) is 19.2 Å². The molecule has 0 aliphatic rings. The lowest BCUT2D eigenvalue weighted by Gasteiger charge is -2.15. The second kappa shape index (κ2) is 7.22. The van der Waals surface area contributed by atoms with Gasteiger partial charge in [-0.1, -0.05) is 0 Å². The first-order valence-electron chi connectivity index (χ1n) is 6.36. The summed E-state index contributed by atoms with van der Waals surface area (Å²) in [5.41, 5.74) is 0.155. The number of furan rings is 1. The van der Waals surface area contributed by atoms with E-state index in [1.165, 1.54) is 17.2 Å². The van der Waals surface area contributed by atoms with E-state index in [0.717, 1.165) is 12.1 Å². The Hall–Kier alpha value is -2.15. The number of ether oxygens (including phenoxy) is 1. The van der Waals surface area contributed by atoms with Gasteiger partial charge in [0, 0.05) is 11.5 Å². The van der Waals surface area contributed by atoms with Gasteiger partial charge in [0.2, 0.25) is 0 Å². The molecule has 0 spiro atoms. The molecule has 1 aromatic carbocycles. The van der Waals surface area contributed by atoms with Crippen LogP contribution in [0.4, 0.5) is 4.39 Å². The van der Waals surface area contributed by atoms with Crippen molar-refractivity contribution in [3.05, 3.63) is 58.2 Å². The van der Waals surface area contributed by atoms with Crippen molar-refractivity contribution in [3.8, 4) is 0 Å². The van der Waals surface area contributed by atoms with Crippen LogP contribution in [0, 0.1) is 5.82 Å². The number of rotatable bonds is 5. The third-order valence-corrected chi connectivity index (χ3v) is 3.53. The van der Waals surface area contributed by atoms with Crippen LogP contribution in [0.2, 0.25) is 0 Å². The molecule has 22 heavy (non-hydrogen) atoms. The molecule has 7 heteroatoms. The van der Waals surface area contributed by atoms with Crippen molar-refractivity contribution in [1.82, 2.24) is 4.90 Å². The van der Waals surface area contributed by atoms with Crippen molar-refractivity contribution >= 4 is 27.8 Å². The first kappa shape index (κ1) is 16.2. The van der Waals surface area contributed by atoms with Crippen molar-refractivity contribution in [2.24, 2.45) is 0 Å². The quantitative estimate of drug-likeness (QED) is 0.760. The molecule has 2 aromatic rings. The highest BCUT2D eigenvalue weighted by Crippen LogP contribution is 2.18. The van der Waals surface area contributed by atoms with E-state index in [-0.39, 0.29) is 22.5 Å². The van der Waals surface area contributed by atoms with Crippen LogP contribution in [0.15, 0.2) is 45.5 Å². The molecule has 1 heterocycles. The number of esters is 1. The number of likely N-dealkylation sites (N-methyl/N-ethyl adjacent to an activating group) is 1. The summed E-state index contributed by atoms with van der Waals surface area (Å²) in [6.07, 6.45) is 1.51. The average Bonchev–Trinajstić information content (AvgIpc) is 2.97. The minimum absolute atomic E-state index is 0.155. The van der Waals surface area contributed by atoms with E-state index in [9.17, 15) is 14.0 Å². The molecule has 1 amide bonds. The Morgan fingerprint density at radius 3 is 2.77 bits per heavy atom. The fraction of sp³-hybridized carbons (Fsp3) is 0.200. The van der Waals surface area contributed by atoms with Gasteiger partial charge in [0.25, 0.3) is 5.91 Å². The van der Waals surface area contributed by atoms with Gasteiger partial charge in [-0.15, -0.1) is 0 Å². The molecule has 0 bridgehead atoms. The topological polar surface area (TPSA) is 59.8 Å². The third kappa shape index (κ3) is 4.17. The molecule has 116 valence electrons. The number of hydrogen-bond donors (Lipinski definition) is 0. The zero-order chi connectivity index (χ0) is 16.1. The van der Waals surface area contributed by atoms with Gasteiger partial charge in [-0.05, 0) is 46.3 Å². The van der Waals surface area contributed by atoms with Crippen molar-refractivity contribution < 1.29 is 23.1 Å². The summed E-state index contributed by atoms with van der Waals surface area (Å²) in [6.45, 7) is -0.122. The van der Waals surface area contributed by atoms with Gasteiger partial charge < -0.3 is 14.1 Å². The summed E-state index contributed by atoms with van der Waals surface area (Å²) < 4.78 is 23.3. The SMILES string of the molecule is CN(Cc1ccco1)C(=O)COC(=O)c1ccc(F)cc1Br. The minimum atomic E-state index is -0.702. The van der Waals surface area contributed by atoms with Gasteiger partial charge >= 0.3 is 5.97 Å². The van der Waals surface area contributed by atoms with E-state index in [1.807, 2.05) is 0 Å². The predicted molar refractivity (Wildman–Crippen MR) is 79.6 cm³/mol. The summed E-state index contributed by atoms with van der Waals surface area (Å²) in [6, 6.07) is 7.05. The average molecular weight is 370 g/mol. The second-order valence-corrected chi connectivity index (χ2v) is 5.38. The van der Waals surface area contributed by atoms with Crippen LogP contribution >= 0.6 is 15.9 Å². The molecule has 0 saturated carbocycles. The Morgan fingerprint density at radius 2 is 2.14 bits per heavy atom. The van der Waals surface area contributed by atoms with Crippen LogP contribution < -0.4 is 0 Å². The van der Waals surface area contributed by atoms with Gasteiger partial charge in [0.15, 0.2) is 6.61 Å². The Labute approximate surface area is 134 Å². The van der Waals surface area contributed by atoms with Crippen molar-refractivity contribution in [2.45, 2.75) is 6.54 Å². The van der Waals surface area contributed by atoms with Crippen molar-refractivity contribution in [3.63, 3.8) is 0 Å². The zero-order valence-electron chi connectivity index (χ0n) is 11.7. The molecule has 0 radical (unpaired) electrons. The summed E-state index contributed by atoms with van der Waals surface area (Å²) in [5, 5.41) is 0. The van der Waals surface area contributed by atoms with Crippen LogP contribution in [-0.4, -0.2) is 30.4 Å². The number of hydrogen-bond acceptors (Lipinski definition) is 4. The van der Waals surface area contributed by atoms with Crippen LogP contribution in [0.25, 0.3) is 0 Å².